The van der Waals surface area contributed by atoms with E-state index >= 15 is 0 Å². The molecule has 9 nitrogen and oxygen atoms in total. The molecule has 0 aliphatic carbocycles. The van der Waals surface area contributed by atoms with Crippen molar-refractivity contribution in [3.8, 4) is 11.5 Å². The lowest BCUT2D eigenvalue weighted by molar-refractivity contribution is -0.402. The zero-order chi connectivity index (χ0) is 19.9. The summed E-state index contributed by atoms with van der Waals surface area (Å²) in [5.41, 5.74) is 1.49. The average Bonchev–Trinajstić information content (AvgIpc) is 3.18. The molecule has 0 atom stereocenters. The molecule has 1 aromatic carbocycles. The first kappa shape index (κ1) is 19.7. The van der Waals surface area contributed by atoms with Crippen molar-refractivity contribution in [1.29, 1.82) is 0 Å². The Bertz CT molecular complexity index is 842. The predicted octanol–water partition coefficient (Wildman–Crippen LogP) is 3.57. The maximum absolute atomic E-state index is 10.7. The van der Waals surface area contributed by atoms with E-state index in [9.17, 15) is 10.1 Å². The quantitative estimate of drug-likeness (QED) is 0.386. The summed E-state index contributed by atoms with van der Waals surface area (Å²) < 4.78 is 22.1. The number of morpholine rings is 1. The fraction of sp³-hybridized carbons (Fsp3) is 0.421. The Morgan fingerprint density at radius 1 is 1.18 bits per heavy atom. The van der Waals surface area contributed by atoms with Gasteiger partial charge in [0.25, 0.3) is 0 Å². The molecule has 0 saturated carbocycles. The van der Waals surface area contributed by atoms with Gasteiger partial charge in [-0.15, -0.1) is 0 Å². The molecule has 0 radical (unpaired) electrons. The van der Waals surface area contributed by atoms with Crippen molar-refractivity contribution < 1.29 is 23.6 Å². The van der Waals surface area contributed by atoms with Crippen molar-refractivity contribution in [3.05, 3.63) is 40.1 Å². The maximum Gasteiger partial charge on any atom is 0.433 e. The molecular weight excluding hydrogens is 366 g/mol. The van der Waals surface area contributed by atoms with Crippen molar-refractivity contribution in [2.75, 3.05) is 44.4 Å². The van der Waals surface area contributed by atoms with E-state index in [1.54, 1.807) is 0 Å². The Balaban J connectivity index is 1.94. The molecule has 1 saturated heterocycles. The van der Waals surface area contributed by atoms with Gasteiger partial charge in [-0.25, -0.2) is 4.99 Å². The second-order valence-electron chi connectivity index (χ2n) is 5.94. The van der Waals surface area contributed by atoms with Crippen LogP contribution in [0.2, 0.25) is 0 Å². The Morgan fingerprint density at radius 3 is 2.54 bits per heavy atom. The van der Waals surface area contributed by atoms with Crippen LogP contribution in [0, 0.1) is 10.1 Å². The van der Waals surface area contributed by atoms with Gasteiger partial charge in [0.15, 0.2) is 5.76 Å². The molecule has 9 heteroatoms. The average molecular weight is 389 g/mol. The van der Waals surface area contributed by atoms with Gasteiger partial charge in [0.2, 0.25) is 0 Å². The normalized spacial score (nSPS) is 14.4. The van der Waals surface area contributed by atoms with Crippen molar-refractivity contribution in [3.63, 3.8) is 0 Å². The second kappa shape index (κ2) is 9.23. The Labute approximate surface area is 162 Å². The third-order valence-corrected chi connectivity index (χ3v) is 4.12. The predicted molar refractivity (Wildman–Crippen MR) is 104 cm³/mol. The lowest BCUT2D eigenvalue weighted by Gasteiger charge is -2.30. The molecule has 150 valence electrons. The third-order valence-electron chi connectivity index (χ3n) is 4.12. The monoisotopic (exact) mass is 389 g/mol. The van der Waals surface area contributed by atoms with Crippen molar-refractivity contribution >= 4 is 23.5 Å². The fourth-order valence-corrected chi connectivity index (χ4v) is 2.88. The maximum atomic E-state index is 10.7. The number of nitro groups is 1. The minimum absolute atomic E-state index is 0.282. The fourth-order valence-electron chi connectivity index (χ4n) is 2.88. The van der Waals surface area contributed by atoms with Gasteiger partial charge < -0.3 is 23.5 Å². The van der Waals surface area contributed by atoms with Crippen LogP contribution in [0.1, 0.15) is 19.6 Å². The minimum atomic E-state index is -0.590. The van der Waals surface area contributed by atoms with Crippen LogP contribution < -0.4 is 14.4 Å². The zero-order valence-corrected chi connectivity index (χ0v) is 15.9. The first-order valence-corrected chi connectivity index (χ1v) is 9.17. The molecule has 0 amide bonds. The molecule has 1 aromatic heterocycles. The van der Waals surface area contributed by atoms with Crippen LogP contribution >= 0.6 is 0 Å². The third kappa shape index (κ3) is 4.61. The van der Waals surface area contributed by atoms with Crippen LogP contribution in [0.5, 0.6) is 11.5 Å². The van der Waals surface area contributed by atoms with Crippen molar-refractivity contribution in [2.24, 2.45) is 4.99 Å². The summed E-state index contributed by atoms with van der Waals surface area (Å²) in [6.45, 7) is 7.66. The van der Waals surface area contributed by atoms with Gasteiger partial charge in [-0.1, -0.05) is 0 Å². The van der Waals surface area contributed by atoms with Gasteiger partial charge in [0, 0.05) is 25.2 Å². The molecule has 0 spiro atoms. The highest BCUT2D eigenvalue weighted by Crippen LogP contribution is 2.40. The van der Waals surface area contributed by atoms with E-state index in [1.165, 1.54) is 18.3 Å². The van der Waals surface area contributed by atoms with Gasteiger partial charge in [0.1, 0.15) is 22.1 Å². The molecule has 3 rings (SSSR count). The lowest BCUT2D eigenvalue weighted by Crippen LogP contribution is -2.36. The highest BCUT2D eigenvalue weighted by Gasteiger charge is 2.19. The molecule has 2 aromatic rings. The largest absolute Gasteiger partial charge is 0.492 e. The first-order valence-electron chi connectivity index (χ1n) is 9.17. The van der Waals surface area contributed by atoms with Gasteiger partial charge in [-0.2, -0.15) is 0 Å². The molecule has 2 heterocycles. The van der Waals surface area contributed by atoms with Crippen molar-refractivity contribution in [1.82, 2.24) is 0 Å². The van der Waals surface area contributed by atoms with Crippen LogP contribution in [-0.2, 0) is 4.74 Å². The zero-order valence-electron chi connectivity index (χ0n) is 15.9. The van der Waals surface area contributed by atoms with E-state index in [-0.39, 0.29) is 11.6 Å². The number of rotatable bonds is 8. The summed E-state index contributed by atoms with van der Waals surface area (Å²) in [5, 5.41) is 10.7. The standard InChI is InChI=1S/C19H23N3O6/c1-3-26-17-12-16(21-7-9-25-10-8-21)18(27-4-2)11-15(17)20-13-14-5-6-19(28-14)22(23)24/h5-6,11-13H,3-4,7-10H2,1-2H3. The van der Waals surface area contributed by atoms with Gasteiger partial charge in [0.05, 0.1) is 44.4 Å². The second-order valence-corrected chi connectivity index (χ2v) is 5.94. The lowest BCUT2D eigenvalue weighted by atomic mass is 10.2. The summed E-state index contributed by atoms with van der Waals surface area (Å²) >= 11 is 0. The number of nitrogens with zero attached hydrogens (tertiary/aromatic N) is 3. The van der Waals surface area contributed by atoms with Crippen molar-refractivity contribution in [2.45, 2.75) is 13.8 Å². The van der Waals surface area contributed by atoms with E-state index in [1.807, 2.05) is 26.0 Å². The smallest absolute Gasteiger partial charge is 0.433 e. The Kier molecular flexibility index (Phi) is 6.49. The van der Waals surface area contributed by atoms with Crippen LogP contribution in [0.4, 0.5) is 17.3 Å². The Morgan fingerprint density at radius 2 is 1.89 bits per heavy atom. The van der Waals surface area contributed by atoms with Gasteiger partial charge in [-0.05, 0) is 19.9 Å². The van der Waals surface area contributed by atoms with Crippen LogP contribution in [0.25, 0.3) is 0 Å². The molecule has 0 unspecified atom stereocenters. The van der Waals surface area contributed by atoms with E-state index in [2.05, 4.69) is 9.89 Å². The number of ether oxygens (including phenoxy) is 3. The number of benzene rings is 1. The molecule has 1 fully saturated rings. The first-order chi connectivity index (χ1) is 13.6. The van der Waals surface area contributed by atoms with E-state index in [4.69, 9.17) is 18.6 Å². The van der Waals surface area contributed by atoms with Gasteiger partial charge in [-0.3, -0.25) is 10.1 Å². The van der Waals surface area contributed by atoms with E-state index < -0.39 is 4.92 Å². The van der Waals surface area contributed by atoms with Crippen LogP contribution in [0.3, 0.4) is 0 Å². The summed E-state index contributed by atoms with van der Waals surface area (Å²) in [7, 11) is 0. The molecule has 0 N–H and O–H groups in total. The number of aliphatic imine (C=N–C) groups is 1. The van der Waals surface area contributed by atoms with Crippen LogP contribution in [-0.4, -0.2) is 50.7 Å². The summed E-state index contributed by atoms with van der Waals surface area (Å²) in [6.07, 6.45) is 1.43. The number of hydrogen-bond acceptors (Lipinski definition) is 8. The molecule has 28 heavy (non-hydrogen) atoms. The molecule has 1 aliphatic rings. The summed E-state index contributed by atoms with van der Waals surface area (Å²) in [6, 6.07) is 6.51. The molecular formula is C19H23N3O6. The van der Waals surface area contributed by atoms with Gasteiger partial charge >= 0.3 is 5.88 Å². The number of furan rings is 1. The topological polar surface area (TPSA) is 99.6 Å². The Hall–Kier alpha value is -3.07. The van der Waals surface area contributed by atoms with E-state index in [0.717, 1.165) is 18.8 Å². The van der Waals surface area contributed by atoms with E-state index in [0.29, 0.717) is 43.6 Å². The highest BCUT2D eigenvalue weighted by atomic mass is 16.6. The molecule has 1 aliphatic heterocycles. The minimum Gasteiger partial charge on any atom is -0.492 e. The molecule has 0 bridgehead atoms. The number of anilines is 1. The SMILES string of the molecule is CCOc1cc(N2CCOCC2)c(OCC)cc1N=Cc1ccc([N+](=O)[O-])o1. The number of hydrogen-bond donors (Lipinski definition) is 0. The highest BCUT2D eigenvalue weighted by molar-refractivity contribution is 5.81. The summed E-state index contributed by atoms with van der Waals surface area (Å²) in [5.74, 6) is 1.25. The van der Waals surface area contributed by atoms with Crippen LogP contribution in [0.15, 0.2) is 33.7 Å². The summed E-state index contributed by atoms with van der Waals surface area (Å²) in [4.78, 5) is 16.8.